The number of rotatable bonds is 5. The van der Waals surface area contributed by atoms with Crippen molar-refractivity contribution < 1.29 is 4.79 Å². The number of nitrogens with two attached hydrogens (primary N) is 2. The van der Waals surface area contributed by atoms with Gasteiger partial charge in [0.2, 0.25) is 0 Å². The molecule has 0 bridgehead atoms. The molecule has 0 saturated heterocycles. The Bertz CT molecular complexity index is 597. The molecule has 1 amide bonds. The van der Waals surface area contributed by atoms with Gasteiger partial charge >= 0.3 is 0 Å². The number of benzene rings is 1. The molecule has 1 aromatic heterocycles. The lowest BCUT2D eigenvalue weighted by Crippen LogP contribution is -2.15. The van der Waals surface area contributed by atoms with Crippen molar-refractivity contribution in [3.63, 3.8) is 0 Å². The summed E-state index contributed by atoms with van der Waals surface area (Å²) in [4.78, 5) is 12.6. The second-order valence-electron chi connectivity index (χ2n) is 4.05. The van der Waals surface area contributed by atoms with Gasteiger partial charge in [0, 0.05) is 22.8 Å². The van der Waals surface area contributed by atoms with Crippen LogP contribution in [0.5, 0.6) is 0 Å². The maximum atomic E-state index is 11.3. The van der Waals surface area contributed by atoms with E-state index in [1.165, 1.54) is 4.88 Å². The largest absolute Gasteiger partial charge is 0.399 e. The first-order valence-electron chi connectivity index (χ1n) is 5.73. The van der Waals surface area contributed by atoms with Crippen molar-refractivity contribution in [3.05, 3.63) is 44.6 Å². The normalized spacial score (nSPS) is 10.4. The van der Waals surface area contributed by atoms with Crippen molar-refractivity contribution in [2.24, 2.45) is 5.73 Å². The Morgan fingerprint density at radius 3 is 2.74 bits per heavy atom. The number of nitrogens with one attached hydrogen (secondary N) is 1. The van der Waals surface area contributed by atoms with E-state index < -0.39 is 5.91 Å². The lowest BCUT2D eigenvalue weighted by Gasteiger charge is -2.10. The van der Waals surface area contributed by atoms with Crippen LogP contribution in [0.2, 0.25) is 0 Å². The van der Waals surface area contributed by atoms with Gasteiger partial charge in [-0.1, -0.05) is 0 Å². The van der Waals surface area contributed by atoms with Crippen LogP contribution in [0.15, 0.2) is 34.1 Å². The minimum Gasteiger partial charge on any atom is -0.399 e. The van der Waals surface area contributed by atoms with Crippen LogP contribution in [0, 0.1) is 0 Å². The number of thiophene rings is 1. The highest BCUT2D eigenvalue weighted by atomic mass is 79.9. The molecule has 19 heavy (non-hydrogen) atoms. The van der Waals surface area contributed by atoms with Gasteiger partial charge in [0.05, 0.1) is 9.35 Å². The number of hydrogen-bond donors (Lipinski definition) is 3. The number of primary amides is 1. The highest BCUT2D eigenvalue weighted by Crippen LogP contribution is 2.23. The van der Waals surface area contributed by atoms with Crippen molar-refractivity contribution in [2.45, 2.75) is 6.42 Å². The summed E-state index contributed by atoms with van der Waals surface area (Å²) in [6, 6.07) is 9.22. The first kappa shape index (κ1) is 13.9. The molecule has 1 aromatic carbocycles. The lowest BCUT2D eigenvalue weighted by molar-refractivity contribution is 0.100. The summed E-state index contributed by atoms with van der Waals surface area (Å²) in [7, 11) is 0. The van der Waals surface area contributed by atoms with Gasteiger partial charge in [-0.25, -0.2) is 0 Å². The molecule has 0 aliphatic carbocycles. The van der Waals surface area contributed by atoms with E-state index in [4.69, 9.17) is 11.5 Å². The van der Waals surface area contributed by atoms with Crippen molar-refractivity contribution in [1.29, 1.82) is 0 Å². The Morgan fingerprint density at radius 1 is 1.32 bits per heavy atom. The summed E-state index contributed by atoms with van der Waals surface area (Å²) in [6.45, 7) is 0.733. The molecule has 0 spiro atoms. The third-order valence-electron chi connectivity index (χ3n) is 2.62. The van der Waals surface area contributed by atoms with Gasteiger partial charge in [-0.2, -0.15) is 0 Å². The average molecular weight is 340 g/mol. The number of anilines is 2. The van der Waals surface area contributed by atoms with Crippen molar-refractivity contribution in [1.82, 2.24) is 0 Å². The van der Waals surface area contributed by atoms with Gasteiger partial charge in [-0.15, -0.1) is 11.3 Å². The summed E-state index contributed by atoms with van der Waals surface area (Å²) in [5.41, 5.74) is 12.7. The topological polar surface area (TPSA) is 81.1 Å². The SMILES string of the molecule is NC(=O)c1cc(N)ccc1NCCc1ccc(Br)s1. The third kappa shape index (κ3) is 3.71. The van der Waals surface area contributed by atoms with Crippen molar-refractivity contribution in [2.75, 3.05) is 17.6 Å². The molecule has 1 heterocycles. The number of carbonyl (C=O) groups excluding carboxylic acids is 1. The van der Waals surface area contributed by atoms with Crippen molar-refractivity contribution in [3.8, 4) is 0 Å². The molecule has 0 fully saturated rings. The Morgan fingerprint density at radius 2 is 2.11 bits per heavy atom. The molecule has 0 unspecified atom stereocenters. The Balaban J connectivity index is 2.01. The number of amides is 1. The van der Waals surface area contributed by atoms with Crippen LogP contribution in [-0.2, 0) is 6.42 Å². The van der Waals surface area contributed by atoms with Crippen LogP contribution in [0.4, 0.5) is 11.4 Å². The first-order valence-corrected chi connectivity index (χ1v) is 7.34. The molecule has 0 saturated carbocycles. The summed E-state index contributed by atoms with van der Waals surface area (Å²) in [6.07, 6.45) is 0.888. The molecule has 0 aliphatic rings. The smallest absolute Gasteiger partial charge is 0.250 e. The van der Waals surface area contributed by atoms with E-state index in [1.54, 1.807) is 29.5 Å². The highest BCUT2D eigenvalue weighted by molar-refractivity contribution is 9.11. The summed E-state index contributed by atoms with van der Waals surface area (Å²) >= 11 is 5.13. The zero-order valence-electron chi connectivity index (χ0n) is 10.2. The fraction of sp³-hybridized carbons (Fsp3) is 0.154. The van der Waals surface area contributed by atoms with Gasteiger partial charge in [-0.3, -0.25) is 4.79 Å². The zero-order valence-corrected chi connectivity index (χ0v) is 12.6. The highest BCUT2D eigenvalue weighted by Gasteiger charge is 2.08. The van der Waals surface area contributed by atoms with Crippen LogP contribution in [-0.4, -0.2) is 12.5 Å². The van der Waals surface area contributed by atoms with E-state index in [1.807, 2.05) is 6.07 Å². The number of halogens is 1. The second kappa shape index (κ2) is 6.08. The maximum Gasteiger partial charge on any atom is 0.250 e. The predicted octanol–water partition coefficient (Wildman–Crippen LogP) is 2.85. The van der Waals surface area contributed by atoms with E-state index in [2.05, 4.69) is 27.3 Å². The molecular weight excluding hydrogens is 326 g/mol. The minimum atomic E-state index is -0.478. The first-order chi connectivity index (χ1) is 9.06. The summed E-state index contributed by atoms with van der Waals surface area (Å²) in [5.74, 6) is -0.478. The van der Waals surface area contributed by atoms with Crippen molar-refractivity contribution >= 4 is 44.5 Å². The third-order valence-corrected chi connectivity index (χ3v) is 4.31. The molecule has 0 aliphatic heterocycles. The van der Waals surface area contributed by atoms with Gasteiger partial charge in [0.1, 0.15) is 0 Å². The second-order valence-corrected chi connectivity index (χ2v) is 6.60. The van der Waals surface area contributed by atoms with Crippen LogP contribution in [0.1, 0.15) is 15.2 Å². The van der Waals surface area contributed by atoms with Gasteiger partial charge in [0.25, 0.3) is 5.91 Å². The monoisotopic (exact) mass is 339 g/mol. The van der Waals surface area contributed by atoms with E-state index in [-0.39, 0.29) is 0 Å². The molecule has 2 rings (SSSR count). The van der Waals surface area contributed by atoms with E-state index in [9.17, 15) is 4.79 Å². The van der Waals surface area contributed by atoms with Crippen LogP contribution in [0.3, 0.4) is 0 Å². The van der Waals surface area contributed by atoms with Gasteiger partial charge in [-0.05, 0) is 52.7 Å². The van der Waals surface area contributed by atoms with Crippen LogP contribution < -0.4 is 16.8 Å². The standard InChI is InChI=1S/C13H14BrN3OS/c14-12-4-2-9(19-12)5-6-17-11-3-1-8(15)7-10(11)13(16)18/h1-4,7,17H,5-6,15H2,(H2,16,18). The van der Waals surface area contributed by atoms with Crippen LogP contribution >= 0.6 is 27.3 Å². The quantitative estimate of drug-likeness (QED) is 0.732. The average Bonchev–Trinajstić information content (AvgIpc) is 2.77. The number of carbonyl (C=O) groups is 1. The van der Waals surface area contributed by atoms with E-state index >= 15 is 0 Å². The van der Waals surface area contributed by atoms with Crippen LogP contribution in [0.25, 0.3) is 0 Å². The van der Waals surface area contributed by atoms with E-state index in [0.717, 1.165) is 22.4 Å². The Kier molecular flexibility index (Phi) is 4.44. The molecule has 4 nitrogen and oxygen atoms in total. The van der Waals surface area contributed by atoms with E-state index in [0.29, 0.717) is 11.3 Å². The molecule has 0 atom stereocenters. The lowest BCUT2D eigenvalue weighted by atomic mass is 10.1. The molecule has 0 radical (unpaired) electrons. The Hall–Kier alpha value is -1.53. The fourth-order valence-corrected chi connectivity index (χ4v) is 3.21. The molecule has 2 aromatic rings. The molecule has 100 valence electrons. The minimum absolute atomic E-state index is 0.423. The number of hydrogen-bond acceptors (Lipinski definition) is 4. The molecule has 6 heteroatoms. The maximum absolute atomic E-state index is 11.3. The Labute approximate surface area is 123 Å². The fourth-order valence-electron chi connectivity index (χ4n) is 1.73. The summed E-state index contributed by atoms with van der Waals surface area (Å²) in [5, 5.41) is 3.21. The summed E-state index contributed by atoms with van der Waals surface area (Å²) < 4.78 is 1.12. The molecule has 5 N–H and O–H groups in total. The predicted molar refractivity (Wildman–Crippen MR) is 83.6 cm³/mol. The number of nitrogen functional groups attached to an aromatic ring is 1. The van der Waals surface area contributed by atoms with Gasteiger partial charge < -0.3 is 16.8 Å². The molecular formula is C13H14BrN3OS. The zero-order chi connectivity index (χ0) is 13.8. The van der Waals surface area contributed by atoms with Gasteiger partial charge in [0.15, 0.2) is 0 Å².